The summed E-state index contributed by atoms with van der Waals surface area (Å²) in [6.07, 6.45) is 2.92. The number of rotatable bonds is 8. The van der Waals surface area contributed by atoms with Crippen molar-refractivity contribution >= 4 is 12.0 Å². The lowest BCUT2D eigenvalue weighted by molar-refractivity contribution is -0.138. The van der Waals surface area contributed by atoms with E-state index < -0.39 is 5.97 Å². The highest BCUT2D eigenvalue weighted by Gasteiger charge is 2.02. The van der Waals surface area contributed by atoms with Gasteiger partial charge in [-0.1, -0.05) is 0 Å². The van der Waals surface area contributed by atoms with Crippen molar-refractivity contribution < 1.29 is 28.1 Å². The van der Waals surface area contributed by atoms with Gasteiger partial charge in [0, 0.05) is 12.1 Å². The molecule has 0 fully saturated rings. The van der Waals surface area contributed by atoms with Gasteiger partial charge in [-0.3, -0.25) is 0 Å². The zero-order chi connectivity index (χ0) is 18.1. The minimum absolute atomic E-state index is 0.0853. The van der Waals surface area contributed by atoms with Crippen LogP contribution in [0.4, 0.5) is 4.39 Å². The van der Waals surface area contributed by atoms with Crippen LogP contribution < -0.4 is 14.2 Å². The van der Waals surface area contributed by atoms with Crippen LogP contribution in [0.25, 0.3) is 6.08 Å². The van der Waals surface area contributed by atoms with Crippen LogP contribution in [-0.4, -0.2) is 33.4 Å². The Balaban J connectivity index is 1.79. The molecule has 0 unspecified atom stereocenters. The summed E-state index contributed by atoms with van der Waals surface area (Å²) in [5.74, 6) is 0.930. The maximum absolute atomic E-state index is 12.8. The minimum Gasteiger partial charge on any atom is -0.497 e. The molecule has 2 aromatic rings. The summed E-state index contributed by atoms with van der Waals surface area (Å²) in [5, 5.41) is 0. The van der Waals surface area contributed by atoms with E-state index in [2.05, 4.69) is 0 Å². The zero-order valence-corrected chi connectivity index (χ0v) is 14.0. The largest absolute Gasteiger partial charge is 0.497 e. The highest BCUT2D eigenvalue weighted by Crippen LogP contribution is 2.23. The Hall–Kier alpha value is -3.02. The van der Waals surface area contributed by atoms with E-state index in [-0.39, 0.29) is 19.0 Å². The Kier molecular flexibility index (Phi) is 6.83. The number of methoxy groups -OCH3 is 2. The van der Waals surface area contributed by atoms with Gasteiger partial charge in [0.15, 0.2) is 0 Å². The number of esters is 1. The zero-order valence-electron chi connectivity index (χ0n) is 14.0. The average molecular weight is 346 g/mol. The second-order valence-corrected chi connectivity index (χ2v) is 4.95. The molecule has 2 rings (SSSR count). The number of benzene rings is 2. The number of carbonyl (C=O) groups excluding carboxylic acids is 1. The monoisotopic (exact) mass is 346 g/mol. The second kappa shape index (κ2) is 9.32. The van der Waals surface area contributed by atoms with Crippen LogP contribution in [0.3, 0.4) is 0 Å². The molecule has 0 atom stereocenters. The Morgan fingerprint density at radius 3 is 2.20 bits per heavy atom. The molecule has 0 aliphatic carbocycles. The van der Waals surface area contributed by atoms with Crippen LogP contribution in [-0.2, 0) is 9.53 Å². The van der Waals surface area contributed by atoms with Crippen molar-refractivity contribution in [2.45, 2.75) is 0 Å². The lowest BCUT2D eigenvalue weighted by Gasteiger charge is -2.06. The minimum atomic E-state index is -0.496. The van der Waals surface area contributed by atoms with Gasteiger partial charge < -0.3 is 18.9 Å². The van der Waals surface area contributed by atoms with E-state index in [1.54, 1.807) is 38.5 Å². The summed E-state index contributed by atoms with van der Waals surface area (Å²) in [6, 6.07) is 10.9. The van der Waals surface area contributed by atoms with Crippen LogP contribution in [0.1, 0.15) is 5.56 Å². The van der Waals surface area contributed by atoms with Gasteiger partial charge in [-0.2, -0.15) is 0 Å². The third-order valence-electron chi connectivity index (χ3n) is 3.20. The molecule has 0 heterocycles. The van der Waals surface area contributed by atoms with Crippen LogP contribution in [0.5, 0.6) is 17.2 Å². The molecule has 0 aliphatic rings. The molecule has 25 heavy (non-hydrogen) atoms. The molecule has 0 aromatic heterocycles. The Morgan fingerprint density at radius 2 is 1.60 bits per heavy atom. The lowest BCUT2D eigenvalue weighted by Crippen LogP contribution is -2.10. The van der Waals surface area contributed by atoms with E-state index in [1.807, 2.05) is 0 Å². The number of halogens is 1. The van der Waals surface area contributed by atoms with Crippen molar-refractivity contribution in [3.8, 4) is 17.2 Å². The highest BCUT2D eigenvalue weighted by molar-refractivity contribution is 5.87. The molecule has 0 aliphatic heterocycles. The maximum Gasteiger partial charge on any atom is 0.330 e. The predicted octanol–water partition coefficient (Wildman–Crippen LogP) is 3.48. The normalized spacial score (nSPS) is 10.5. The number of hydrogen-bond donors (Lipinski definition) is 0. The van der Waals surface area contributed by atoms with E-state index in [0.29, 0.717) is 17.2 Å². The van der Waals surface area contributed by atoms with E-state index in [0.717, 1.165) is 5.56 Å². The second-order valence-electron chi connectivity index (χ2n) is 4.95. The Morgan fingerprint density at radius 1 is 0.960 bits per heavy atom. The molecule has 2 aromatic carbocycles. The lowest BCUT2D eigenvalue weighted by atomic mass is 10.2. The predicted molar refractivity (Wildman–Crippen MR) is 91.4 cm³/mol. The van der Waals surface area contributed by atoms with Crippen LogP contribution in [0.15, 0.2) is 48.5 Å². The SMILES string of the molecule is COc1cc(/C=C/C(=O)OCCOc2ccc(F)cc2)cc(OC)c1. The quantitative estimate of drug-likeness (QED) is 0.416. The van der Waals surface area contributed by atoms with E-state index in [9.17, 15) is 9.18 Å². The number of carbonyl (C=O) groups is 1. The van der Waals surface area contributed by atoms with E-state index in [1.165, 1.54) is 30.3 Å². The first kappa shape index (κ1) is 18.3. The molecular weight excluding hydrogens is 327 g/mol. The van der Waals surface area contributed by atoms with Gasteiger partial charge in [-0.25, -0.2) is 9.18 Å². The molecule has 0 bridgehead atoms. The van der Waals surface area contributed by atoms with Gasteiger partial charge in [0.2, 0.25) is 0 Å². The smallest absolute Gasteiger partial charge is 0.330 e. The molecule has 0 radical (unpaired) electrons. The van der Waals surface area contributed by atoms with Gasteiger partial charge in [0.1, 0.15) is 36.3 Å². The molecular formula is C19H19FO5. The molecule has 0 N–H and O–H groups in total. The first-order valence-electron chi connectivity index (χ1n) is 7.57. The standard InChI is InChI=1S/C19H19FO5/c1-22-17-11-14(12-18(13-17)23-2)3-8-19(21)25-10-9-24-16-6-4-15(20)5-7-16/h3-8,11-13H,9-10H2,1-2H3/b8-3+. The van der Waals surface area contributed by atoms with Crippen molar-refractivity contribution in [3.63, 3.8) is 0 Å². The number of hydrogen-bond acceptors (Lipinski definition) is 5. The van der Waals surface area contributed by atoms with Crippen LogP contribution >= 0.6 is 0 Å². The highest BCUT2D eigenvalue weighted by atomic mass is 19.1. The number of ether oxygens (including phenoxy) is 4. The summed E-state index contributed by atoms with van der Waals surface area (Å²) >= 11 is 0. The van der Waals surface area contributed by atoms with Gasteiger partial charge in [0.25, 0.3) is 0 Å². The first-order chi connectivity index (χ1) is 12.1. The van der Waals surface area contributed by atoms with E-state index >= 15 is 0 Å². The fourth-order valence-corrected chi connectivity index (χ4v) is 1.97. The molecule has 132 valence electrons. The summed E-state index contributed by atoms with van der Waals surface area (Å²) in [5.41, 5.74) is 0.746. The summed E-state index contributed by atoms with van der Waals surface area (Å²) in [7, 11) is 3.11. The summed E-state index contributed by atoms with van der Waals surface area (Å²) in [6.45, 7) is 0.264. The Labute approximate surface area is 145 Å². The topological polar surface area (TPSA) is 54.0 Å². The fourth-order valence-electron chi connectivity index (χ4n) is 1.97. The van der Waals surface area contributed by atoms with Crippen molar-refractivity contribution in [2.24, 2.45) is 0 Å². The molecule has 6 heteroatoms. The summed E-state index contributed by atoms with van der Waals surface area (Å²) in [4.78, 5) is 11.7. The third kappa shape index (κ3) is 6.18. The van der Waals surface area contributed by atoms with Crippen molar-refractivity contribution in [3.05, 3.63) is 59.9 Å². The average Bonchev–Trinajstić information content (AvgIpc) is 2.64. The molecule has 5 nitrogen and oxygen atoms in total. The van der Waals surface area contributed by atoms with Gasteiger partial charge >= 0.3 is 5.97 Å². The molecule has 0 saturated carbocycles. The molecule has 0 amide bonds. The Bertz CT molecular complexity index is 703. The van der Waals surface area contributed by atoms with Crippen LogP contribution in [0.2, 0.25) is 0 Å². The molecule has 0 spiro atoms. The fraction of sp³-hybridized carbons (Fsp3) is 0.211. The van der Waals surface area contributed by atoms with Crippen molar-refractivity contribution in [1.82, 2.24) is 0 Å². The summed E-state index contributed by atoms with van der Waals surface area (Å²) < 4.78 is 33.4. The maximum atomic E-state index is 12.8. The van der Waals surface area contributed by atoms with Gasteiger partial charge in [-0.05, 0) is 48.0 Å². The van der Waals surface area contributed by atoms with E-state index in [4.69, 9.17) is 18.9 Å². The van der Waals surface area contributed by atoms with Gasteiger partial charge in [0.05, 0.1) is 14.2 Å². The first-order valence-corrected chi connectivity index (χ1v) is 7.57. The van der Waals surface area contributed by atoms with Gasteiger partial charge in [-0.15, -0.1) is 0 Å². The van der Waals surface area contributed by atoms with Crippen molar-refractivity contribution in [1.29, 1.82) is 0 Å². The third-order valence-corrected chi connectivity index (χ3v) is 3.20. The van der Waals surface area contributed by atoms with Crippen molar-refractivity contribution in [2.75, 3.05) is 27.4 Å². The van der Waals surface area contributed by atoms with Crippen LogP contribution in [0, 0.1) is 5.82 Å². The molecule has 0 saturated heterocycles.